The summed E-state index contributed by atoms with van der Waals surface area (Å²) in [7, 11) is -9.89. The van der Waals surface area contributed by atoms with Gasteiger partial charge in [0.15, 0.2) is 33.3 Å². The predicted molar refractivity (Wildman–Crippen MR) is 275 cm³/mol. The summed E-state index contributed by atoms with van der Waals surface area (Å²) in [5.74, 6) is -0.250. The van der Waals surface area contributed by atoms with Crippen molar-refractivity contribution in [3.63, 3.8) is 0 Å². The molecule has 0 aliphatic rings. The largest absolute Gasteiger partial charge is 0.463 e. The van der Waals surface area contributed by atoms with Crippen LogP contribution in [0, 0.1) is 0 Å². The van der Waals surface area contributed by atoms with Gasteiger partial charge in [0.1, 0.15) is 18.8 Å². The molecule has 11 heteroatoms. The maximum absolute atomic E-state index is 13.5. The van der Waals surface area contributed by atoms with E-state index in [4.69, 9.17) is 22.4 Å². The number of aliphatic hydroxyl groups excluding tert-OH is 1. The first kappa shape index (κ1) is 59.8. The highest BCUT2D eigenvalue weighted by Crippen LogP contribution is 2.45. The molecular formula is C50H98O7Si4. The second-order valence-electron chi connectivity index (χ2n) is 23.0. The van der Waals surface area contributed by atoms with Crippen molar-refractivity contribution in [3.8, 4) is 0 Å². The van der Waals surface area contributed by atoms with Gasteiger partial charge in [-0.15, -0.1) is 0 Å². The maximum atomic E-state index is 13.5. The number of unbranched alkanes of at least 4 members (excludes halogenated alkanes) is 1. The number of carbonyl (C=O) groups excluding carboxylic acids is 1. The number of allylic oxidation sites excluding steroid dienone is 10. The average molecular weight is 924 g/mol. The van der Waals surface area contributed by atoms with Crippen LogP contribution in [0.3, 0.4) is 0 Å². The fourth-order valence-electron chi connectivity index (χ4n) is 5.24. The van der Waals surface area contributed by atoms with E-state index in [1.165, 1.54) is 0 Å². The van der Waals surface area contributed by atoms with Crippen LogP contribution in [-0.2, 0) is 27.2 Å². The molecule has 0 saturated carbocycles. The third-order valence-corrected chi connectivity index (χ3v) is 31.5. The van der Waals surface area contributed by atoms with Gasteiger partial charge in [0.2, 0.25) is 0 Å². The van der Waals surface area contributed by atoms with Crippen LogP contribution >= 0.6 is 0 Å². The van der Waals surface area contributed by atoms with Crippen molar-refractivity contribution < 1.29 is 32.3 Å². The van der Waals surface area contributed by atoms with E-state index in [9.17, 15) is 9.90 Å². The molecule has 0 aromatic heterocycles. The van der Waals surface area contributed by atoms with Gasteiger partial charge in [-0.25, -0.2) is 0 Å². The van der Waals surface area contributed by atoms with Crippen LogP contribution in [0.2, 0.25) is 72.5 Å². The molecule has 0 fully saturated rings. The SMILES string of the molecule is CC/C=C\C/C=C\C/C=C\C/C=C\C/C=C\CCCC(=O)OC[C@@H](O[Si](C)(C)C(C)(C)C)[C@@H](O[Si](C)(C)C(C)(C)C)[C@H](O[Si](C)(C)C(C)(C)C)[C@@H](CO)O[Si](C)(C)C(C)(C)C. The van der Waals surface area contributed by atoms with E-state index < -0.39 is 57.7 Å². The summed E-state index contributed by atoms with van der Waals surface area (Å²) < 4.78 is 35.6. The summed E-state index contributed by atoms with van der Waals surface area (Å²) in [4.78, 5) is 13.5. The van der Waals surface area contributed by atoms with Crippen molar-refractivity contribution in [1.82, 2.24) is 0 Å². The quantitative estimate of drug-likeness (QED) is 0.0380. The van der Waals surface area contributed by atoms with Crippen LogP contribution in [0.5, 0.6) is 0 Å². The lowest BCUT2D eigenvalue weighted by atomic mass is 10.0. The number of rotatable bonds is 27. The third-order valence-electron chi connectivity index (χ3n) is 13.5. The molecule has 4 atom stereocenters. The molecule has 0 aromatic carbocycles. The topological polar surface area (TPSA) is 83.5 Å². The molecule has 0 amide bonds. The Kier molecular flexibility index (Phi) is 25.6. The molecule has 0 radical (unpaired) electrons. The molecule has 0 saturated heterocycles. The highest BCUT2D eigenvalue weighted by Gasteiger charge is 2.53. The van der Waals surface area contributed by atoms with Crippen LogP contribution in [0.1, 0.15) is 141 Å². The summed E-state index contributed by atoms with van der Waals surface area (Å²) in [6.45, 7) is 46.5. The average Bonchev–Trinajstić information content (AvgIpc) is 3.10. The number of hydrogen-bond donors (Lipinski definition) is 1. The number of aliphatic hydroxyl groups is 1. The summed E-state index contributed by atoms with van der Waals surface area (Å²) in [5.41, 5.74) is 0. The molecule has 0 aliphatic heterocycles. The van der Waals surface area contributed by atoms with Crippen LogP contribution in [0.4, 0.5) is 0 Å². The lowest BCUT2D eigenvalue weighted by molar-refractivity contribution is -0.152. The maximum Gasteiger partial charge on any atom is 0.305 e. The van der Waals surface area contributed by atoms with Crippen molar-refractivity contribution in [3.05, 3.63) is 60.8 Å². The van der Waals surface area contributed by atoms with Crippen molar-refractivity contribution >= 4 is 39.2 Å². The van der Waals surface area contributed by atoms with Gasteiger partial charge in [-0.3, -0.25) is 4.79 Å². The van der Waals surface area contributed by atoms with Gasteiger partial charge in [-0.2, -0.15) is 0 Å². The first-order valence-electron chi connectivity index (χ1n) is 23.4. The van der Waals surface area contributed by atoms with E-state index in [-0.39, 0.29) is 39.3 Å². The minimum Gasteiger partial charge on any atom is -0.463 e. The standard InChI is InChI=1S/C50H98O7Si4/c1-22-23-24-25-26-27-28-29-30-31-32-33-34-35-36-37-38-39-44(52)53-41-43(55-59(16,17)48(5,6)7)46(57-61(20,21)50(11,12)13)45(56-60(18,19)49(8,9)10)42(40-51)54-58(14,15)47(2,3)4/h23-24,26-27,29-30,32-33,35-36,42-43,45-46,51H,22,25,28,31,34,37-41H2,1-21H3/b24-23-,27-26-,30-29-,33-32-,36-35-/t42-,43-,45-,46-/m1/s1. The van der Waals surface area contributed by atoms with E-state index in [2.05, 4.69) is 203 Å². The zero-order chi connectivity index (χ0) is 47.6. The van der Waals surface area contributed by atoms with Gasteiger partial charge >= 0.3 is 5.97 Å². The highest BCUT2D eigenvalue weighted by molar-refractivity contribution is 6.75. The number of carbonyl (C=O) groups is 1. The second-order valence-corrected chi connectivity index (χ2v) is 42.0. The van der Waals surface area contributed by atoms with Crippen molar-refractivity contribution in [2.24, 2.45) is 0 Å². The Balaban J connectivity index is 6.53. The van der Waals surface area contributed by atoms with Gasteiger partial charge < -0.3 is 27.5 Å². The van der Waals surface area contributed by atoms with E-state index >= 15 is 0 Å². The number of ether oxygens (including phenoxy) is 1. The summed E-state index contributed by atoms with van der Waals surface area (Å²) in [6.07, 6.45) is 26.0. The molecular weight excluding hydrogens is 825 g/mol. The van der Waals surface area contributed by atoms with Gasteiger partial charge in [0.25, 0.3) is 0 Å². The Morgan fingerprint density at radius 3 is 1.15 bits per heavy atom. The van der Waals surface area contributed by atoms with Crippen LogP contribution in [0.25, 0.3) is 0 Å². The van der Waals surface area contributed by atoms with E-state index in [1.807, 2.05) is 0 Å². The Hall–Kier alpha value is -1.16. The Bertz CT molecular complexity index is 1400. The van der Waals surface area contributed by atoms with Crippen LogP contribution in [0.15, 0.2) is 60.8 Å². The molecule has 0 heterocycles. The van der Waals surface area contributed by atoms with E-state index in [1.54, 1.807) is 0 Å². The molecule has 61 heavy (non-hydrogen) atoms. The Morgan fingerprint density at radius 1 is 0.492 bits per heavy atom. The smallest absolute Gasteiger partial charge is 0.305 e. The lowest BCUT2D eigenvalue weighted by Crippen LogP contribution is -2.63. The lowest BCUT2D eigenvalue weighted by Gasteiger charge is -2.51. The van der Waals surface area contributed by atoms with E-state index in [0.29, 0.717) is 12.8 Å². The minimum atomic E-state index is -2.52. The van der Waals surface area contributed by atoms with Crippen LogP contribution < -0.4 is 0 Å². The van der Waals surface area contributed by atoms with Crippen molar-refractivity contribution in [1.29, 1.82) is 0 Å². The summed E-state index contributed by atoms with van der Waals surface area (Å²) in [5, 5.41) is 10.8. The Labute approximate surface area is 382 Å². The monoisotopic (exact) mass is 923 g/mol. The van der Waals surface area contributed by atoms with Crippen LogP contribution in [-0.4, -0.2) is 82.0 Å². The summed E-state index contributed by atoms with van der Waals surface area (Å²) >= 11 is 0. The fraction of sp³-hybridized carbons (Fsp3) is 0.780. The van der Waals surface area contributed by atoms with Crippen molar-refractivity contribution in [2.75, 3.05) is 13.2 Å². The zero-order valence-corrected chi connectivity index (χ0v) is 47.6. The molecule has 0 bridgehead atoms. The zero-order valence-electron chi connectivity index (χ0n) is 43.6. The normalized spacial score (nSPS) is 16.8. The fourth-order valence-corrected chi connectivity index (χ4v) is 10.5. The number of hydrogen-bond acceptors (Lipinski definition) is 7. The summed E-state index contributed by atoms with van der Waals surface area (Å²) in [6, 6.07) is 0. The first-order valence-corrected chi connectivity index (χ1v) is 35.0. The second kappa shape index (κ2) is 26.1. The predicted octanol–water partition coefficient (Wildman–Crippen LogP) is 15.0. The molecule has 0 aromatic rings. The minimum absolute atomic E-state index is 0.0297. The molecule has 356 valence electrons. The van der Waals surface area contributed by atoms with E-state index in [0.717, 1.165) is 38.5 Å². The number of esters is 1. The van der Waals surface area contributed by atoms with Gasteiger partial charge in [-0.1, -0.05) is 151 Å². The van der Waals surface area contributed by atoms with Gasteiger partial charge in [0.05, 0.1) is 18.8 Å². The highest BCUT2D eigenvalue weighted by atomic mass is 28.4. The first-order chi connectivity index (χ1) is 27.7. The molecule has 0 rings (SSSR count). The Morgan fingerprint density at radius 2 is 0.803 bits per heavy atom. The molecule has 0 spiro atoms. The van der Waals surface area contributed by atoms with Crippen molar-refractivity contribution in [2.45, 2.75) is 238 Å². The van der Waals surface area contributed by atoms with Gasteiger partial charge in [0, 0.05) is 6.42 Å². The molecule has 0 unspecified atom stereocenters. The third kappa shape index (κ3) is 22.1. The molecule has 0 aliphatic carbocycles. The van der Waals surface area contributed by atoms with Gasteiger partial charge in [-0.05, 0) is 117 Å². The molecule has 7 nitrogen and oxygen atoms in total. The molecule has 1 N–H and O–H groups in total.